The molecule has 1 aliphatic heterocycles. The Bertz CT molecular complexity index is 1270. The Kier molecular flexibility index (Phi) is 7.92. The molecular formula is C26H23ClN4O4S. The van der Waals surface area contributed by atoms with Gasteiger partial charge in [0.25, 0.3) is 5.91 Å². The number of pyridine rings is 1. The molecule has 36 heavy (non-hydrogen) atoms. The lowest BCUT2D eigenvalue weighted by atomic mass is 10.1. The minimum Gasteiger partial charge on any atom is -0.462 e. The number of amides is 2. The smallest absolute Gasteiger partial charge is 0.338 e. The summed E-state index contributed by atoms with van der Waals surface area (Å²) in [6.07, 6.45) is 3.23. The van der Waals surface area contributed by atoms with Crippen molar-refractivity contribution in [1.29, 1.82) is 0 Å². The van der Waals surface area contributed by atoms with Crippen molar-refractivity contribution >= 4 is 58.1 Å². The molecule has 0 radical (unpaired) electrons. The van der Waals surface area contributed by atoms with Crippen molar-refractivity contribution in [3.05, 3.63) is 89.2 Å². The van der Waals surface area contributed by atoms with Gasteiger partial charge in [0.2, 0.25) is 5.91 Å². The second-order valence-corrected chi connectivity index (χ2v) is 8.79. The maximum atomic E-state index is 13.5. The number of hydrogen-bond acceptors (Lipinski definition) is 6. The molecule has 1 N–H and O–H groups in total. The Hall–Kier alpha value is -3.82. The summed E-state index contributed by atoms with van der Waals surface area (Å²) in [6, 6.07) is 16.0. The second kappa shape index (κ2) is 11.3. The van der Waals surface area contributed by atoms with Gasteiger partial charge in [-0.15, -0.1) is 0 Å². The first-order valence-corrected chi connectivity index (χ1v) is 12.0. The van der Waals surface area contributed by atoms with Crippen LogP contribution in [0.15, 0.2) is 73.1 Å². The van der Waals surface area contributed by atoms with Crippen LogP contribution >= 0.6 is 23.8 Å². The van der Waals surface area contributed by atoms with Crippen LogP contribution < -0.4 is 10.2 Å². The largest absolute Gasteiger partial charge is 0.462 e. The lowest BCUT2D eigenvalue weighted by Gasteiger charge is -2.23. The highest BCUT2D eigenvalue weighted by atomic mass is 35.5. The maximum Gasteiger partial charge on any atom is 0.338 e. The van der Waals surface area contributed by atoms with Gasteiger partial charge in [0.15, 0.2) is 5.11 Å². The third-order valence-corrected chi connectivity index (χ3v) is 6.21. The third-order valence-electron chi connectivity index (χ3n) is 5.54. The monoisotopic (exact) mass is 522 g/mol. The van der Waals surface area contributed by atoms with Crippen molar-refractivity contribution in [1.82, 2.24) is 9.88 Å². The summed E-state index contributed by atoms with van der Waals surface area (Å²) in [5, 5.41) is 3.62. The van der Waals surface area contributed by atoms with Crippen molar-refractivity contribution in [2.24, 2.45) is 0 Å². The van der Waals surface area contributed by atoms with Gasteiger partial charge in [-0.2, -0.15) is 0 Å². The number of nitrogens with zero attached hydrogens (tertiary/aromatic N) is 3. The van der Waals surface area contributed by atoms with E-state index in [1.807, 2.05) is 6.07 Å². The molecule has 1 aromatic heterocycles. The molecule has 10 heteroatoms. The van der Waals surface area contributed by atoms with Gasteiger partial charge >= 0.3 is 5.97 Å². The molecule has 0 aliphatic carbocycles. The molecule has 2 aromatic carbocycles. The second-order valence-electron chi connectivity index (χ2n) is 7.99. The van der Waals surface area contributed by atoms with E-state index in [1.165, 1.54) is 4.90 Å². The fourth-order valence-corrected chi connectivity index (χ4v) is 4.33. The molecule has 0 saturated carbocycles. The van der Waals surface area contributed by atoms with Gasteiger partial charge in [-0.05, 0) is 79.3 Å². The number of hydrogen-bond donors (Lipinski definition) is 1. The van der Waals surface area contributed by atoms with E-state index in [2.05, 4.69) is 10.3 Å². The Labute approximate surface area is 218 Å². The maximum absolute atomic E-state index is 13.5. The molecule has 1 aliphatic rings. The van der Waals surface area contributed by atoms with Crippen molar-refractivity contribution in [3.8, 4) is 0 Å². The number of thiocarbonyl (C=S) groups is 1. The lowest BCUT2D eigenvalue weighted by Crippen LogP contribution is -2.37. The van der Waals surface area contributed by atoms with Gasteiger partial charge in [-0.25, -0.2) is 4.79 Å². The molecule has 2 amide bonds. The Morgan fingerprint density at radius 2 is 1.83 bits per heavy atom. The number of carbonyl (C=O) groups is 3. The van der Waals surface area contributed by atoms with Crippen molar-refractivity contribution in [2.45, 2.75) is 25.9 Å². The number of benzene rings is 2. The molecule has 8 nitrogen and oxygen atoms in total. The van der Waals surface area contributed by atoms with E-state index in [1.54, 1.807) is 78.8 Å². The van der Waals surface area contributed by atoms with E-state index in [4.69, 9.17) is 28.6 Å². The minimum absolute atomic E-state index is 0.122. The zero-order valence-corrected chi connectivity index (χ0v) is 21.0. The number of ether oxygens (including phenoxy) is 1. The zero-order valence-electron chi connectivity index (χ0n) is 19.4. The van der Waals surface area contributed by atoms with Gasteiger partial charge < -0.3 is 15.0 Å². The van der Waals surface area contributed by atoms with Crippen LogP contribution in [0.5, 0.6) is 0 Å². The van der Waals surface area contributed by atoms with Gasteiger partial charge in [-0.3, -0.25) is 19.5 Å². The van der Waals surface area contributed by atoms with E-state index < -0.39 is 12.0 Å². The van der Waals surface area contributed by atoms with Crippen LogP contribution in [0, 0.1) is 0 Å². The predicted molar refractivity (Wildman–Crippen MR) is 141 cm³/mol. The first-order chi connectivity index (χ1) is 17.4. The van der Waals surface area contributed by atoms with Gasteiger partial charge in [0.1, 0.15) is 6.04 Å². The number of esters is 1. The molecule has 0 bridgehead atoms. The standard InChI is InChI=1S/C26H23ClN4O4S/c1-2-35-25(34)18-5-9-20(10-6-18)29-23(32)14-22-24(33)31(21-11-7-19(27)8-12-21)26(36)30(22)16-17-4-3-13-28-15-17/h3-13,15,22H,2,14,16H2,1H3,(H,29,32)/t22-/m0/s1. The summed E-state index contributed by atoms with van der Waals surface area (Å²) in [4.78, 5) is 45.6. The lowest BCUT2D eigenvalue weighted by molar-refractivity contribution is -0.124. The molecule has 1 atom stereocenters. The van der Waals surface area contributed by atoms with E-state index in [-0.39, 0.29) is 24.8 Å². The van der Waals surface area contributed by atoms with E-state index in [0.717, 1.165) is 5.56 Å². The molecule has 0 spiro atoms. The summed E-state index contributed by atoms with van der Waals surface area (Å²) in [6.45, 7) is 2.32. The van der Waals surface area contributed by atoms with Crippen LogP contribution in [0.25, 0.3) is 0 Å². The summed E-state index contributed by atoms with van der Waals surface area (Å²) in [5.41, 5.74) is 2.30. The molecule has 2 heterocycles. The van der Waals surface area contributed by atoms with Crippen molar-refractivity contribution in [3.63, 3.8) is 0 Å². The molecule has 3 aromatic rings. The van der Waals surface area contributed by atoms with E-state index >= 15 is 0 Å². The molecule has 184 valence electrons. The summed E-state index contributed by atoms with van der Waals surface area (Å²) >= 11 is 11.7. The quantitative estimate of drug-likeness (QED) is 0.345. The highest BCUT2D eigenvalue weighted by molar-refractivity contribution is 7.80. The Balaban J connectivity index is 1.53. The summed E-state index contributed by atoms with van der Waals surface area (Å²) in [7, 11) is 0. The van der Waals surface area contributed by atoms with Gasteiger partial charge in [0, 0.05) is 29.6 Å². The van der Waals surface area contributed by atoms with E-state index in [0.29, 0.717) is 33.6 Å². The molecule has 1 saturated heterocycles. The van der Waals surface area contributed by atoms with Crippen LogP contribution in [0.3, 0.4) is 0 Å². The zero-order chi connectivity index (χ0) is 25.7. The topological polar surface area (TPSA) is 91.8 Å². The number of halogens is 1. The first-order valence-electron chi connectivity index (χ1n) is 11.2. The minimum atomic E-state index is -0.813. The number of carbonyl (C=O) groups excluding carboxylic acids is 3. The fraction of sp³-hybridized carbons (Fsp3) is 0.192. The highest BCUT2D eigenvalue weighted by Gasteiger charge is 2.44. The van der Waals surface area contributed by atoms with Crippen molar-refractivity contribution < 1.29 is 19.1 Å². The highest BCUT2D eigenvalue weighted by Crippen LogP contribution is 2.29. The van der Waals surface area contributed by atoms with E-state index in [9.17, 15) is 14.4 Å². The number of rotatable bonds is 8. The van der Waals surface area contributed by atoms with Crippen LogP contribution in [-0.2, 0) is 20.9 Å². The number of nitrogens with one attached hydrogen (secondary N) is 1. The Morgan fingerprint density at radius 3 is 2.47 bits per heavy atom. The predicted octanol–water partition coefficient (Wildman–Crippen LogP) is 4.44. The summed E-state index contributed by atoms with van der Waals surface area (Å²) < 4.78 is 4.98. The molecular weight excluding hydrogens is 500 g/mol. The molecule has 1 fully saturated rings. The average molecular weight is 523 g/mol. The number of anilines is 2. The van der Waals surface area contributed by atoms with Crippen LogP contribution in [0.1, 0.15) is 29.3 Å². The summed E-state index contributed by atoms with van der Waals surface area (Å²) in [5.74, 6) is -1.11. The molecule has 4 rings (SSSR count). The third kappa shape index (κ3) is 5.69. The van der Waals surface area contributed by atoms with Crippen molar-refractivity contribution in [2.75, 3.05) is 16.8 Å². The van der Waals surface area contributed by atoms with Crippen LogP contribution in [0.4, 0.5) is 11.4 Å². The average Bonchev–Trinajstić information content (AvgIpc) is 3.09. The van der Waals surface area contributed by atoms with Gasteiger partial charge in [-0.1, -0.05) is 17.7 Å². The van der Waals surface area contributed by atoms with Crippen LogP contribution in [-0.4, -0.2) is 45.4 Å². The fourth-order valence-electron chi connectivity index (χ4n) is 3.82. The Morgan fingerprint density at radius 1 is 1.11 bits per heavy atom. The normalized spacial score (nSPS) is 15.2. The van der Waals surface area contributed by atoms with Crippen LogP contribution in [0.2, 0.25) is 5.02 Å². The molecule has 0 unspecified atom stereocenters. The SMILES string of the molecule is CCOC(=O)c1ccc(NC(=O)C[C@H]2C(=O)N(c3ccc(Cl)cc3)C(=S)N2Cc2cccnc2)cc1. The number of aromatic nitrogens is 1. The first kappa shape index (κ1) is 25.3. The van der Waals surface area contributed by atoms with Gasteiger partial charge in [0.05, 0.1) is 24.3 Å².